The molecule has 2 rings (SSSR count). The van der Waals surface area contributed by atoms with Crippen LogP contribution < -0.4 is 5.32 Å². The van der Waals surface area contributed by atoms with E-state index in [1.165, 1.54) is 58.7 Å². The van der Waals surface area contributed by atoms with Crippen molar-refractivity contribution in [3.8, 4) is 0 Å². The topological polar surface area (TPSA) is 18.5 Å². The van der Waals surface area contributed by atoms with Crippen LogP contribution in [0.3, 0.4) is 0 Å². The Balaban J connectivity index is 1.64. The summed E-state index contributed by atoms with van der Waals surface area (Å²) in [6, 6.07) is 0.683. The lowest BCUT2D eigenvalue weighted by Gasteiger charge is -2.32. The van der Waals surface area contributed by atoms with Crippen LogP contribution in [0.5, 0.6) is 0 Å². The molecule has 1 N–H and O–H groups in total. The van der Waals surface area contributed by atoms with E-state index in [4.69, 9.17) is 0 Å². The Bertz CT molecular complexity index is 166. The number of piperazine rings is 1. The van der Waals surface area contributed by atoms with Crippen molar-refractivity contribution >= 4 is 0 Å². The molecular formula is C11H23N3. The molecule has 0 saturated carbocycles. The third-order valence-corrected chi connectivity index (χ3v) is 3.38. The first-order valence-corrected chi connectivity index (χ1v) is 6.03. The number of likely N-dealkylation sites (tertiary alicyclic amines) is 1. The smallest absolute Gasteiger partial charge is 0.0167 e. The van der Waals surface area contributed by atoms with E-state index in [2.05, 4.69) is 22.0 Å². The molecule has 0 aromatic carbocycles. The molecule has 2 heterocycles. The summed E-state index contributed by atoms with van der Waals surface area (Å²) in [5.74, 6) is 0. The van der Waals surface area contributed by atoms with Crippen LogP contribution in [-0.2, 0) is 0 Å². The molecule has 0 amide bonds. The zero-order chi connectivity index (χ0) is 9.80. The predicted octanol–water partition coefficient (Wildman–Crippen LogP) is 0.376. The van der Waals surface area contributed by atoms with E-state index in [1.54, 1.807) is 0 Å². The lowest BCUT2D eigenvalue weighted by molar-refractivity contribution is 0.181. The maximum absolute atomic E-state index is 3.48. The molecule has 2 aliphatic rings. The maximum atomic E-state index is 3.48. The fraction of sp³-hybridized carbons (Fsp3) is 1.00. The van der Waals surface area contributed by atoms with Crippen molar-refractivity contribution < 1.29 is 0 Å². The molecule has 82 valence electrons. The molecule has 2 aliphatic heterocycles. The quantitative estimate of drug-likeness (QED) is 0.705. The molecule has 0 unspecified atom stereocenters. The second-order valence-corrected chi connectivity index (χ2v) is 4.70. The van der Waals surface area contributed by atoms with Crippen LogP contribution in [0.15, 0.2) is 0 Å². The van der Waals surface area contributed by atoms with Gasteiger partial charge in [-0.3, -0.25) is 4.90 Å². The summed E-state index contributed by atoms with van der Waals surface area (Å²) >= 11 is 0. The van der Waals surface area contributed by atoms with Crippen LogP contribution >= 0.6 is 0 Å². The van der Waals surface area contributed by atoms with Gasteiger partial charge in [0.15, 0.2) is 0 Å². The van der Waals surface area contributed by atoms with Crippen LogP contribution in [-0.4, -0.2) is 61.7 Å². The van der Waals surface area contributed by atoms with Crippen molar-refractivity contribution in [2.75, 3.05) is 45.8 Å². The fourth-order valence-electron chi connectivity index (χ4n) is 2.50. The third-order valence-electron chi connectivity index (χ3n) is 3.38. The van der Waals surface area contributed by atoms with Crippen molar-refractivity contribution in [2.45, 2.75) is 25.8 Å². The zero-order valence-electron chi connectivity index (χ0n) is 9.34. The van der Waals surface area contributed by atoms with Gasteiger partial charge in [-0.05, 0) is 32.9 Å². The highest BCUT2D eigenvalue weighted by Gasteiger charge is 2.17. The number of nitrogens with zero attached hydrogens (tertiary/aromatic N) is 2. The highest BCUT2D eigenvalue weighted by atomic mass is 15.2. The largest absolute Gasteiger partial charge is 0.312 e. The minimum atomic E-state index is 0.683. The minimum Gasteiger partial charge on any atom is -0.312 e. The van der Waals surface area contributed by atoms with Crippen molar-refractivity contribution in [1.29, 1.82) is 0 Å². The van der Waals surface area contributed by atoms with Gasteiger partial charge in [0.05, 0.1) is 0 Å². The number of nitrogens with one attached hydrogen (secondary N) is 1. The van der Waals surface area contributed by atoms with E-state index in [0.29, 0.717) is 6.04 Å². The highest BCUT2D eigenvalue weighted by molar-refractivity contribution is 4.76. The number of hydrogen-bond donors (Lipinski definition) is 1. The number of hydrogen-bond acceptors (Lipinski definition) is 3. The molecule has 1 atom stereocenters. The molecule has 0 aliphatic carbocycles. The Morgan fingerprint density at radius 2 is 1.79 bits per heavy atom. The average Bonchev–Trinajstić information content (AvgIpc) is 2.67. The normalized spacial score (nSPS) is 31.1. The fourth-order valence-corrected chi connectivity index (χ4v) is 2.50. The Morgan fingerprint density at radius 1 is 1.07 bits per heavy atom. The second kappa shape index (κ2) is 5.10. The monoisotopic (exact) mass is 197 g/mol. The van der Waals surface area contributed by atoms with Gasteiger partial charge in [-0.2, -0.15) is 0 Å². The lowest BCUT2D eigenvalue weighted by Crippen LogP contribution is -2.50. The van der Waals surface area contributed by atoms with Crippen molar-refractivity contribution in [1.82, 2.24) is 15.1 Å². The molecule has 2 fully saturated rings. The van der Waals surface area contributed by atoms with E-state index in [0.717, 1.165) is 0 Å². The van der Waals surface area contributed by atoms with Crippen molar-refractivity contribution in [3.63, 3.8) is 0 Å². The first kappa shape index (κ1) is 10.4. The van der Waals surface area contributed by atoms with Crippen LogP contribution in [0.2, 0.25) is 0 Å². The van der Waals surface area contributed by atoms with Gasteiger partial charge in [0, 0.05) is 38.8 Å². The van der Waals surface area contributed by atoms with Gasteiger partial charge >= 0.3 is 0 Å². The summed E-state index contributed by atoms with van der Waals surface area (Å²) in [5.41, 5.74) is 0. The lowest BCUT2D eigenvalue weighted by atomic mass is 10.2. The van der Waals surface area contributed by atoms with E-state index in [-0.39, 0.29) is 0 Å². The van der Waals surface area contributed by atoms with E-state index < -0.39 is 0 Å². The second-order valence-electron chi connectivity index (χ2n) is 4.70. The van der Waals surface area contributed by atoms with Gasteiger partial charge in [-0.25, -0.2) is 0 Å². The first-order chi connectivity index (χ1) is 6.84. The molecule has 3 nitrogen and oxygen atoms in total. The molecule has 0 bridgehead atoms. The number of rotatable bonds is 3. The molecule has 2 saturated heterocycles. The predicted molar refractivity (Wildman–Crippen MR) is 59.6 cm³/mol. The summed E-state index contributed by atoms with van der Waals surface area (Å²) in [7, 11) is 0. The molecule has 14 heavy (non-hydrogen) atoms. The standard InChI is InChI=1S/C11H23N3/c1-11-10-14(7-4-12-11)9-8-13-5-2-3-6-13/h11-12H,2-10H2,1H3/t11-/m0/s1. The molecule has 3 heteroatoms. The first-order valence-electron chi connectivity index (χ1n) is 6.03. The molecule has 0 radical (unpaired) electrons. The summed E-state index contributed by atoms with van der Waals surface area (Å²) in [4.78, 5) is 5.20. The van der Waals surface area contributed by atoms with Gasteiger partial charge in [0.2, 0.25) is 0 Å². The molecule has 0 aromatic rings. The van der Waals surface area contributed by atoms with Gasteiger partial charge < -0.3 is 10.2 Å². The zero-order valence-corrected chi connectivity index (χ0v) is 9.34. The SMILES string of the molecule is C[C@H]1CN(CCN2CCCC2)CCN1. The van der Waals surface area contributed by atoms with Crippen LogP contribution in [0, 0.1) is 0 Å². The third kappa shape index (κ3) is 2.94. The van der Waals surface area contributed by atoms with Crippen molar-refractivity contribution in [3.05, 3.63) is 0 Å². The molecule has 0 spiro atoms. The Labute approximate surface area is 87.4 Å². The van der Waals surface area contributed by atoms with Gasteiger partial charge in [0.1, 0.15) is 0 Å². The average molecular weight is 197 g/mol. The van der Waals surface area contributed by atoms with Gasteiger partial charge in [0.25, 0.3) is 0 Å². The van der Waals surface area contributed by atoms with E-state index in [9.17, 15) is 0 Å². The van der Waals surface area contributed by atoms with Crippen LogP contribution in [0.25, 0.3) is 0 Å². The van der Waals surface area contributed by atoms with E-state index >= 15 is 0 Å². The highest BCUT2D eigenvalue weighted by Crippen LogP contribution is 2.07. The van der Waals surface area contributed by atoms with Crippen LogP contribution in [0.1, 0.15) is 19.8 Å². The molecule has 0 aromatic heterocycles. The Hall–Kier alpha value is -0.120. The Morgan fingerprint density at radius 3 is 2.50 bits per heavy atom. The van der Waals surface area contributed by atoms with Gasteiger partial charge in [-0.1, -0.05) is 0 Å². The van der Waals surface area contributed by atoms with E-state index in [1.807, 2.05) is 0 Å². The summed E-state index contributed by atoms with van der Waals surface area (Å²) in [6.07, 6.45) is 2.83. The molecular weight excluding hydrogens is 174 g/mol. The maximum Gasteiger partial charge on any atom is 0.0167 e. The minimum absolute atomic E-state index is 0.683. The Kier molecular flexibility index (Phi) is 3.79. The summed E-state index contributed by atoms with van der Waals surface area (Å²) in [5, 5.41) is 3.48. The summed E-state index contributed by atoms with van der Waals surface area (Å²) < 4.78 is 0. The summed E-state index contributed by atoms with van der Waals surface area (Å²) in [6.45, 7) is 11.1. The van der Waals surface area contributed by atoms with Crippen LogP contribution in [0.4, 0.5) is 0 Å². The van der Waals surface area contributed by atoms with Gasteiger partial charge in [-0.15, -0.1) is 0 Å². The van der Waals surface area contributed by atoms with Crippen molar-refractivity contribution in [2.24, 2.45) is 0 Å².